The van der Waals surface area contributed by atoms with Gasteiger partial charge in [0, 0.05) is 48.2 Å². The lowest BCUT2D eigenvalue weighted by Gasteiger charge is -2.37. The average molecular weight is 414 g/mol. The maximum Gasteiger partial charge on any atom is 0.168 e. The van der Waals surface area contributed by atoms with Gasteiger partial charge in [-0.15, -0.1) is 0 Å². The van der Waals surface area contributed by atoms with Crippen molar-refractivity contribution in [1.29, 1.82) is 0 Å². The predicted molar refractivity (Wildman–Crippen MR) is 115 cm³/mol. The van der Waals surface area contributed by atoms with E-state index in [1.165, 1.54) is 24.3 Å². The Labute approximate surface area is 177 Å². The summed E-state index contributed by atoms with van der Waals surface area (Å²) in [6.45, 7) is 1.53. The van der Waals surface area contributed by atoms with Crippen molar-refractivity contribution in [2.45, 2.75) is 12.5 Å². The van der Waals surface area contributed by atoms with Crippen LogP contribution in [-0.2, 0) is 6.42 Å². The molecule has 0 bridgehead atoms. The summed E-state index contributed by atoms with van der Waals surface area (Å²) in [5.41, 5.74) is 8.30. The minimum atomic E-state index is -0.371. The highest BCUT2D eigenvalue weighted by Gasteiger charge is 2.24. The smallest absolute Gasteiger partial charge is 0.168 e. The second-order valence-corrected chi connectivity index (χ2v) is 7.63. The summed E-state index contributed by atoms with van der Waals surface area (Å²) < 4.78 is 13.1. The predicted octanol–water partition coefficient (Wildman–Crippen LogP) is 2.80. The van der Waals surface area contributed by atoms with Gasteiger partial charge in [-0.3, -0.25) is 19.7 Å². The quantitative estimate of drug-likeness (QED) is 0.502. The van der Waals surface area contributed by atoms with Crippen molar-refractivity contribution in [2.75, 3.05) is 18.0 Å². The van der Waals surface area contributed by atoms with Crippen LogP contribution in [0.4, 0.5) is 10.2 Å². The first kappa shape index (κ1) is 19.2. The number of rotatable bonds is 5. The number of ketones is 1. The molecule has 1 aliphatic heterocycles. The third-order valence-corrected chi connectivity index (χ3v) is 5.29. The number of Topliss-reactive ketones (excluding diaryl/α,β-unsaturated/α-hetero) is 1. The van der Waals surface area contributed by atoms with Gasteiger partial charge in [-0.2, -0.15) is 0 Å². The van der Waals surface area contributed by atoms with Gasteiger partial charge in [0.15, 0.2) is 5.78 Å². The van der Waals surface area contributed by atoms with E-state index in [0.717, 1.165) is 29.7 Å². The Hall–Kier alpha value is -3.78. The summed E-state index contributed by atoms with van der Waals surface area (Å²) in [4.78, 5) is 32.4. The van der Waals surface area contributed by atoms with Crippen LogP contribution < -0.4 is 10.6 Å². The zero-order valence-electron chi connectivity index (χ0n) is 16.6. The minimum Gasteiger partial charge on any atom is -0.352 e. The summed E-state index contributed by atoms with van der Waals surface area (Å²) in [7, 11) is 0. The molecule has 0 saturated carbocycles. The Morgan fingerprint density at radius 2 is 1.77 bits per heavy atom. The lowest BCUT2D eigenvalue weighted by atomic mass is 10.0. The van der Waals surface area contributed by atoms with Gasteiger partial charge in [0.1, 0.15) is 17.3 Å². The van der Waals surface area contributed by atoms with Gasteiger partial charge < -0.3 is 10.6 Å². The highest BCUT2D eigenvalue weighted by molar-refractivity contribution is 5.97. The molecule has 5 rings (SSSR count). The number of aromatic nitrogens is 4. The van der Waals surface area contributed by atoms with Crippen LogP contribution >= 0.6 is 0 Å². The maximum atomic E-state index is 13.1. The summed E-state index contributed by atoms with van der Waals surface area (Å²) in [6.07, 6.45) is 6.96. The van der Waals surface area contributed by atoms with Gasteiger partial charge in [0.25, 0.3) is 0 Å². The fraction of sp³-hybridized carbons (Fsp3) is 0.174. The molecular weight excluding hydrogens is 395 g/mol. The van der Waals surface area contributed by atoms with Crippen LogP contribution in [0.15, 0.2) is 61.2 Å². The summed E-state index contributed by atoms with van der Waals surface area (Å²) >= 11 is 0. The molecule has 31 heavy (non-hydrogen) atoms. The molecule has 2 N–H and O–H groups in total. The number of hydrogen-bond donors (Lipinski definition) is 1. The summed E-state index contributed by atoms with van der Waals surface area (Å²) in [6, 6.07) is 9.48. The molecular formula is C23H19FN6O. The van der Waals surface area contributed by atoms with Crippen molar-refractivity contribution in [1.82, 2.24) is 19.9 Å². The number of halogens is 1. The van der Waals surface area contributed by atoms with E-state index in [4.69, 9.17) is 5.73 Å². The van der Waals surface area contributed by atoms with E-state index in [1.54, 1.807) is 24.8 Å². The fourth-order valence-electron chi connectivity index (χ4n) is 3.55. The number of benzene rings is 1. The average Bonchev–Trinajstić information content (AvgIpc) is 2.77. The maximum absolute atomic E-state index is 13.1. The largest absolute Gasteiger partial charge is 0.352 e. The van der Waals surface area contributed by atoms with Crippen LogP contribution in [0.2, 0.25) is 0 Å². The molecule has 0 spiro atoms. The van der Waals surface area contributed by atoms with E-state index in [2.05, 4.69) is 24.8 Å². The third-order valence-electron chi connectivity index (χ3n) is 5.29. The molecule has 7 nitrogen and oxygen atoms in total. The van der Waals surface area contributed by atoms with E-state index < -0.39 is 0 Å². The number of carbonyl (C=O) groups is 1. The Bertz CT molecular complexity index is 1270. The van der Waals surface area contributed by atoms with Crippen molar-refractivity contribution >= 4 is 22.4 Å². The van der Waals surface area contributed by atoms with Crippen molar-refractivity contribution < 1.29 is 9.18 Å². The number of carbonyl (C=O) groups excluding carboxylic acids is 1. The molecule has 3 aromatic heterocycles. The molecule has 1 saturated heterocycles. The standard InChI is InChI=1S/C23H19FN6O/c24-17-3-1-14(2-4-17)22(31)7-19-5-15-6-20(28-9-16(15)8-27-19)21-10-26-11-23(29-21)30-12-18(25)13-30/h1-6,8-11,18H,7,12-13,25H2. The molecule has 0 radical (unpaired) electrons. The Balaban J connectivity index is 1.41. The molecule has 0 aliphatic carbocycles. The van der Waals surface area contributed by atoms with Crippen LogP contribution in [0.1, 0.15) is 16.1 Å². The molecule has 1 aliphatic rings. The first-order chi connectivity index (χ1) is 15.0. The normalized spacial score (nSPS) is 13.9. The van der Waals surface area contributed by atoms with Gasteiger partial charge in [-0.05, 0) is 41.8 Å². The number of pyridine rings is 2. The van der Waals surface area contributed by atoms with Crippen molar-refractivity contribution in [2.24, 2.45) is 5.73 Å². The van der Waals surface area contributed by atoms with Gasteiger partial charge in [0.05, 0.1) is 24.5 Å². The number of nitrogens with zero attached hydrogens (tertiary/aromatic N) is 5. The van der Waals surface area contributed by atoms with Gasteiger partial charge in [-0.1, -0.05) is 0 Å². The molecule has 8 heteroatoms. The molecule has 0 unspecified atom stereocenters. The molecule has 4 heterocycles. The number of anilines is 1. The van der Waals surface area contributed by atoms with E-state index in [9.17, 15) is 9.18 Å². The Morgan fingerprint density at radius 1 is 1.00 bits per heavy atom. The first-order valence-corrected chi connectivity index (χ1v) is 9.91. The topological polar surface area (TPSA) is 97.9 Å². The van der Waals surface area contributed by atoms with Crippen LogP contribution in [-0.4, -0.2) is 44.9 Å². The van der Waals surface area contributed by atoms with Crippen LogP contribution in [0.5, 0.6) is 0 Å². The van der Waals surface area contributed by atoms with Crippen molar-refractivity contribution in [3.05, 3.63) is 78.3 Å². The molecule has 4 aromatic rings. The third kappa shape index (κ3) is 3.97. The van der Waals surface area contributed by atoms with Crippen molar-refractivity contribution in [3.8, 4) is 11.4 Å². The highest BCUT2D eigenvalue weighted by atomic mass is 19.1. The molecule has 0 amide bonds. The second-order valence-electron chi connectivity index (χ2n) is 7.63. The molecule has 154 valence electrons. The summed E-state index contributed by atoms with van der Waals surface area (Å²) in [5.74, 6) is 0.290. The van der Waals surface area contributed by atoms with Gasteiger partial charge in [-0.25, -0.2) is 9.37 Å². The van der Waals surface area contributed by atoms with Crippen LogP contribution in [0.25, 0.3) is 22.2 Å². The fourth-order valence-corrected chi connectivity index (χ4v) is 3.55. The SMILES string of the molecule is NC1CN(c2cncc(-c3cc4cc(CC(=O)c5ccc(F)cc5)ncc4cn3)n2)C1. The minimum absolute atomic E-state index is 0.118. The monoisotopic (exact) mass is 414 g/mol. The Kier molecular flexibility index (Phi) is 4.83. The number of fused-ring (bicyclic) bond motifs is 1. The van der Waals surface area contributed by atoms with E-state index in [1.807, 2.05) is 12.1 Å². The van der Waals surface area contributed by atoms with E-state index in [-0.39, 0.29) is 24.1 Å². The summed E-state index contributed by atoms with van der Waals surface area (Å²) in [5, 5.41) is 1.76. The lowest BCUT2D eigenvalue weighted by molar-refractivity contribution is 0.0992. The Morgan fingerprint density at radius 3 is 2.55 bits per heavy atom. The molecule has 1 fully saturated rings. The van der Waals surface area contributed by atoms with E-state index >= 15 is 0 Å². The van der Waals surface area contributed by atoms with Gasteiger partial charge >= 0.3 is 0 Å². The van der Waals surface area contributed by atoms with Gasteiger partial charge in [0.2, 0.25) is 0 Å². The van der Waals surface area contributed by atoms with E-state index in [0.29, 0.717) is 22.6 Å². The second kappa shape index (κ2) is 7.81. The van der Waals surface area contributed by atoms with Crippen LogP contribution in [0, 0.1) is 5.82 Å². The zero-order valence-corrected chi connectivity index (χ0v) is 16.6. The number of nitrogens with two attached hydrogens (primary N) is 1. The van der Waals surface area contributed by atoms with Crippen LogP contribution in [0.3, 0.4) is 0 Å². The first-order valence-electron chi connectivity index (χ1n) is 9.91. The zero-order chi connectivity index (χ0) is 21.4. The highest BCUT2D eigenvalue weighted by Crippen LogP contribution is 2.24. The molecule has 1 aromatic carbocycles. The number of hydrogen-bond acceptors (Lipinski definition) is 7. The lowest BCUT2D eigenvalue weighted by Crippen LogP contribution is -2.56. The van der Waals surface area contributed by atoms with Crippen molar-refractivity contribution in [3.63, 3.8) is 0 Å². The molecule has 0 atom stereocenters.